The van der Waals surface area contributed by atoms with Gasteiger partial charge in [-0.25, -0.2) is 0 Å². The summed E-state index contributed by atoms with van der Waals surface area (Å²) in [6.07, 6.45) is 2.15. The van der Waals surface area contributed by atoms with E-state index in [0.29, 0.717) is 17.5 Å². The molecule has 110 valence electrons. The lowest BCUT2D eigenvalue weighted by Gasteiger charge is -2.35. The zero-order valence-electron chi connectivity index (χ0n) is 12.0. The predicted octanol–water partition coefficient (Wildman–Crippen LogP) is 2.18. The summed E-state index contributed by atoms with van der Waals surface area (Å²) in [5.74, 6) is 0.646. The summed E-state index contributed by atoms with van der Waals surface area (Å²) in [6, 6.07) is 5.21. The maximum atomic E-state index is 11.2. The van der Waals surface area contributed by atoms with Crippen molar-refractivity contribution in [3.05, 3.63) is 28.3 Å². The number of methoxy groups -OCH3 is 1. The van der Waals surface area contributed by atoms with Gasteiger partial charge in [0, 0.05) is 31.3 Å². The number of hydrogen-bond acceptors (Lipinski definition) is 5. The molecule has 6 nitrogen and oxygen atoms in total. The third-order valence-electron chi connectivity index (χ3n) is 3.74. The molecule has 2 rings (SSSR count). The Balaban J connectivity index is 2.37. The number of hydrogen-bond donors (Lipinski definition) is 1. The van der Waals surface area contributed by atoms with Gasteiger partial charge >= 0.3 is 0 Å². The molecule has 1 unspecified atom stereocenters. The molecule has 1 N–H and O–H groups in total. The number of piperidine rings is 1. The minimum absolute atomic E-state index is 0.137. The number of benzene rings is 1. The second kappa shape index (κ2) is 6.56. The van der Waals surface area contributed by atoms with Crippen molar-refractivity contribution in [1.29, 1.82) is 0 Å². The minimum Gasteiger partial charge on any atom is -0.497 e. The van der Waals surface area contributed by atoms with Crippen molar-refractivity contribution in [3.63, 3.8) is 0 Å². The summed E-state index contributed by atoms with van der Waals surface area (Å²) >= 11 is 0. The van der Waals surface area contributed by atoms with E-state index in [1.807, 2.05) is 6.92 Å². The van der Waals surface area contributed by atoms with Crippen LogP contribution in [0.5, 0.6) is 5.75 Å². The molecule has 1 heterocycles. The van der Waals surface area contributed by atoms with E-state index in [4.69, 9.17) is 4.74 Å². The number of likely N-dealkylation sites (N-methyl/N-ethyl adjacent to an activating group) is 1. The number of ether oxygens (including phenoxy) is 1. The van der Waals surface area contributed by atoms with Crippen molar-refractivity contribution in [2.45, 2.75) is 25.8 Å². The molecule has 1 aromatic carbocycles. The van der Waals surface area contributed by atoms with Crippen LogP contribution in [0.2, 0.25) is 0 Å². The van der Waals surface area contributed by atoms with Crippen LogP contribution >= 0.6 is 0 Å². The molecule has 0 saturated carbocycles. The number of nitrogens with zero attached hydrogens (tertiary/aromatic N) is 2. The zero-order valence-corrected chi connectivity index (χ0v) is 12.0. The lowest BCUT2D eigenvalue weighted by atomic mass is 10.0. The number of nitrogens with one attached hydrogen (secondary N) is 1. The average molecular weight is 279 g/mol. The van der Waals surface area contributed by atoms with Crippen molar-refractivity contribution in [2.75, 3.05) is 31.6 Å². The Hall–Kier alpha value is -1.82. The maximum Gasteiger partial charge on any atom is 0.292 e. The first-order valence-electron chi connectivity index (χ1n) is 6.97. The third kappa shape index (κ3) is 3.01. The third-order valence-corrected chi connectivity index (χ3v) is 3.74. The van der Waals surface area contributed by atoms with Gasteiger partial charge in [0.15, 0.2) is 0 Å². The first-order valence-corrected chi connectivity index (χ1v) is 6.97. The van der Waals surface area contributed by atoms with Crippen molar-refractivity contribution >= 4 is 11.4 Å². The van der Waals surface area contributed by atoms with Crippen molar-refractivity contribution in [3.8, 4) is 5.75 Å². The molecule has 0 radical (unpaired) electrons. The first kappa shape index (κ1) is 14.6. The normalized spacial score (nSPS) is 18.6. The zero-order chi connectivity index (χ0) is 14.5. The molecule has 0 aromatic heterocycles. The van der Waals surface area contributed by atoms with Gasteiger partial charge in [0.1, 0.15) is 11.4 Å². The van der Waals surface area contributed by atoms with Crippen LogP contribution in [0.15, 0.2) is 18.2 Å². The summed E-state index contributed by atoms with van der Waals surface area (Å²) in [6.45, 7) is 4.65. The van der Waals surface area contributed by atoms with E-state index < -0.39 is 0 Å². The highest BCUT2D eigenvalue weighted by atomic mass is 16.6. The molecule has 1 fully saturated rings. The van der Waals surface area contributed by atoms with Gasteiger partial charge in [-0.15, -0.1) is 0 Å². The standard InChI is InChI=1S/C14H21N3O3/c1-3-16(11-5-4-8-15-10-11)14-9-12(20-2)6-7-13(14)17(18)19/h6-7,9,11,15H,3-5,8,10H2,1-2H3. The van der Waals surface area contributed by atoms with Gasteiger partial charge in [0.05, 0.1) is 12.0 Å². The van der Waals surface area contributed by atoms with Gasteiger partial charge in [-0.1, -0.05) is 0 Å². The van der Waals surface area contributed by atoms with Crippen LogP contribution in [0.25, 0.3) is 0 Å². The van der Waals surface area contributed by atoms with Gasteiger partial charge in [-0.3, -0.25) is 10.1 Å². The minimum atomic E-state index is -0.326. The van der Waals surface area contributed by atoms with Crippen molar-refractivity contribution < 1.29 is 9.66 Å². The van der Waals surface area contributed by atoms with E-state index in [9.17, 15) is 10.1 Å². The molecule has 0 aliphatic carbocycles. The van der Waals surface area contributed by atoms with Gasteiger partial charge in [-0.2, -0.15) is 0 Å². The molecule has 20 heavy (non-hydrogen) atoms. The van der Waals surface area contributed by atoms with E-state index in [1.54, 1.807) is 19.2 Å². The molecular weight excluding hydrogens is 258 g/mol. The highest BCUT2D eigenvalue weighted by Crippen LogP contribution is 2.34. The summed E-state index contributed by atoms with van der Waals surface area (Å²) in [5, 5.41) is 14.6. The van der Waals surface area contributed by atoms with Crippen LogP contribution in [-0.2, 0) is 0 Å². The van der Waals surface area contributed by atoms with Crippen molar-refractivity contribution in [2.24, 2.45) is 0 Å². The monoisotopic (exact) mass is 279 g/mol. The Kier molecular flexibility index (Phi) is 4.79. The fraction of sp³-hybridized carbons (Fsp3) is 0.571. The molecule has 6 heteroatoms. The number of nitro benzene ring substituents is 1. The largest absolute Gasteiger partial charge is 0.497 e. The van der Waals surface area contributed by atoms with Crippen LogP contribution in [0.1, 0.15) is 19.8 Å². The Labute approximate surface area is 118 Å². The van der Waals surface area contributed by atoms with E-state index in [1.165, 1.54) is 6.07 Å². The van der Waals surface area contributed by atoms with Crippen molar-refractivity contribution in [1.82, 2.24) is 5.32 Å². The van der Waals surface area contributed by atoms with E-state index >= 15 is 0 Å². The lowest BCUT2D eigenvalue weighted by molar-refractivity contribution is -0.384. The summed E-state index contributed by atoms with van der Waals surface area (Å²) in [4.78, 5) is 13.0. The Morgan fingerprint density at radius 2 is 2.35 bits per heavy atom. The number of anilines is 1. The Morgan fingerprint density at radius 3 is 2.90 bits per heavy atom. The predicted molar refractivity (Wildman–Crippen MR) is 78.6 cm³/mol. The van der Waals surface area contributed by atoms with Gasteiger partial charge in [-0.05, 0) is 32.4 Å². The van der Waals surface area contributed by atoms with E-state index in [-0.39, 0.29) is 10.6 Å². The molecule has 0 amide bonds. The molecule has 1 aliphatic rings. The van der Waals surface area contributed by atoms with E-state index in [0.717, 1.165) is 32.5 Å². The topological polar surface area (TPSA) is 67.6 Å². The second-order valence-corrected chi connectivity index (χ2v) is 4.90. The summed E-state index contributed by atoms with van der Waals surface area (Å²) < 4.78 is 5.21. The summed E-state index contributed by atoms with van der Waals surface area (Å²) in [5.41, 5.74) is 0.781. The lowest BCUT2D eigenvalue weighted by Crippen LogP contribution is -2.46. The molecule has 1 aromatic rings. The van der Waals surface area contributed by atoms with Crippen LogP contribution in [-0.4, -0.2) is 37.7 Å². The first-order chi connectivity index (χ1) is 9.67. The van der Waals surface area contributed by atoms with Gasteiger partial charge in [0.2, 0.25) is 0 Å². The molecule has 1 saturated heterocycles. The number of rotatable bonds is 5. The molecule has 1 aliphatic heterocycles. The average Bonchev–Trinajstić information content (AvgIpc) is 2.48. The fourth-order valence-electron chi connectivity index (χ4n) is 2.74. The van der Waals surface area contributed by atoms with Crippen LogP contribution in [0, 0.1) is 10.1 Å². The molecule has 0 bridgehead atoms. The van der Waals surface area contributed by atoms with Gasteiger partial charge in [0.25, 0.3) is 5.69 Å². The smallest absolute Gasteiger partial charge is 0.292 e. The van der Waals surface area contributed by atoms with Crippen LogP contribution in [0.3, 0.4) is 0 Å². The SMILES string of the molecule is CCN(c1cc(OC)ccc1[N+](=O)[O-])C1CCCNC1. The fourth-order valence-corrected chi connectivity index (χ4v) is 2.74. The van der Waals surface area contributed by atoms with Crippen LogP contribution < -0.4 is 15.0 Å². The maximum absolute atomic E-state index is 11.2. The van der Waals surface area contributed by atoms with E-state index in [2.05, 4.69) is 10.2 Å². The molecular formula is C14H21N3O3. The Bertz CT molecular complexity index is 473. The highest BCUT2D eigenvalue weighted by molar-refractivity contribution is 5.66. The van der Waals surface area contributed by atoms with Crippen LogP contribution in [0.4, 0.5) is 11.4 Å². The van der Waals surface area contributed by atoms with Gasteiger partial charge < -0.3 is 15.0 Å². The quantitative estimate of drug-likeness (QED) is 0.661. The Morgan fingerprint density at radius 1 is 1.55 bits per heavy atom. The highest BCUT2D eigenvalue weighted by Gasteiger charge is 2.26. The number of nitro groups is 1. The molecule has 0 spiro atoms. The second-order valence-electron chi connectivity index (χ2n) is 4.90. The molecule has 1 atom stereocenters. The summed E-state index contributed by atoms with van der Waals surface area (Å²) in [7, 11) is 1.57.